The van der Waals surface area contributed by atoms with Crippen LogP contribution in [0.5, 0.6) is 5.75 Å². The van der Waals surface area contributed by atoms with Crippen molar-refractivity contribution in [1.29, 1.82) is 0 Å². The number of carbonyl (C=O) groups excluding carboxylic acids is 2. The molecule has 0 spiro atoms. The van der Waals surface area contributed by atoms with Gasteiger partial charge >= 0.3 is 6.09 Å². The predicted octanol–water partition coefficient (Wildman–Crippen LogP) is 8.32. The highest BCUT2D eigenvalue weighted by molar-refractivity contribution is 9.11. The van der Waals surface area contributed by atoms with Crippen LogP contribution in [0.4, 0.5) is 21.9 Å². The highest BCUT2D eigenvalue weighted by atomic mass is 79.9. The fourth-order valence-electron chi connectivity index (χ4n) is 4.50. The molecule has 4 aromatic rings. The van der Waals surface area contributed by atoms with Gasteiger partial charge in [-0.25, -0.2) is 4.79 Å². The summed E-state index contributed by atoms with van der Waals surface area (Å²) in [5.74, 6) is -0.391. The number of rotatable bonds is 11. The second kappa shape index (κ2) is 14.9. The third-order valence-electron chi connectivity index (χ3n) is 6.45. The zero-order valence-corrected chi connectivity index (χ0v) is 26.0. The van der Waals surface area contributed by atoms with Gasteiger partial charge in [0.05, 0.1) is 27.6 Å². The van der Waals surface area contributed by atoms with Gasteiger partial charge in [0.25, 0.3) is 0 Å². The minimum atomic E-state index is -0.972. The summed E-state index contributed by atoms with van der Waals surface area (Å²) in [6.45, 7) is 2.17. The quantitative estimate of drug-likeness (QED) is 0.0924. The summed E-state index contributed by atoms with van der Waals surface area (Å²) in [5, 5.41) is 18.4. The lowest BCUT2D eigenvalue weighted by atomic mass is 9.99. The van der Waals surface area contributed by atoms with E-state index in [4.69, 9.17) is 15.2 Å². The molecule has 2 atom stereocenters. The lowest BCUT2D eigenvalue weighted by molar-refractivity contribution is -0.111. The smallest absolute Gasteiger partial charge is 0.412 e. The molecule has 8 nitrogen and oxygen atoms in total. The number of allylic oxidation sites excluding steroid dienone is 1. The molecule has 42 heavy (non-hydrogen) atoms. The fourth-order valence-corrected chi connectivity index (χ4v) is 5.76. The fraction of sp³-hybridized carbons (Fsp3) is 0.188. The number of halogens is 2. The summed E-state index contributed by atoms with van der Waals surface area (Å²) in [6.07, 6.45) is 1.64. The Balaban J connectivity index is 1.53. The third kappa shape index (κ3) is 8.12. The van der Waals surface area contributed by atoms with Crippen LogP contribution in [0.15, 0.2) is 100.0 Å². The number of nitrogens with one attached hydrogen (secondary N) is 2. The second-order valence-corrected chi connectivity index (χ2v) is 11.1. The van der Waals surface area contributed by atoms with E-state index in [1.165, 1.54) is 6.08 Å². The van der Waals surface area contributed by atoms with Crippen LogP contribution >= 0.6 is 31.9 Å². The molecule has 4 rings (SSSR count). The average Bonchev–Trinajstić information content (AvgIpc) is 2.97. The van der Waals surface area contributed by atoms with E-state index in [-0.39, 0.29) is 11.7 Å². The molecule has 0 bridgehead atoms. The molecule has 0 aliphatic heterocycles. The van der Waals surface area contributed by atoms with Gasteiger partial charge in [0.15, 0.2) is 6.10 Å². The van der Waals surface area contributed by atoms with E-state index in [2.05, 4.69) is 42.5 Å². The van der Waals surface area contributed by atoms with Crippen LogP contribution in [0, 0.1) is 0 Å². The third-order valence-corrected chi connectivity index (χ3v) is 7.51. The Morgan fingerprint density at radius 1 is 0.976 bits per heavy atom. The number of anilines is 3. The molecule has 0 aliphatic carbocycles. The molecule has 0 radical (unpaired) electrons. The van der Waals surface area contributed by atoms with Gasteiger partial charge in [-0.15, -0.1) is 0 Å². The molecule has 4 aromatic carbocycles. The van der Waals surface area contributed by atoms with Crippen LogP contribution in [0.2, 0.25) is 0 Å². The van der Waals surface area contributed by atoms with Crippen LogP contribution in [-0.4, -0.2) is 29.8 Å². The molecule has 0 fully saturated rings. The number of benzene rings is 4. The van der Waals surface area contributed by atoms with Crippen molar-refractivity contribution < 1.29 is 24.2 Å². The largest absolute Gasteiger partial charge is 0.506 e. The summed E-state index contributed by atoms with van der Waals surface area (Å²) in [7, 11) is 0. The van der Waals surface area contributed by atoms with Crippen molar-refractivity contribution in [2.75, 3.05) is 23.0 Å². The first-order chi connectivity index (χ1) is 20.3. The van der Waals surface area contributed by atoms with Crippen molar-refractivity contribution in [3.05, 3.63) is 106 Å². The molecule has 0 aromatic heterocycles. The Kier molecular flexibility index (Phi) is 11.0. The topological polar surface area (TPSA) is 123 Å². The van der Waals surface area contributed by atoms with E-state index in [1.54, 1.807) is 48.5 Å². The number of amides is 2. The van der Waals surface area contributed by atoms with Crippen molar-refractivity contribution in [1.82, 2.24) is 0 Å². The molecule has 0 saturated carbocycles. The Hall–Kier alpha value is -3.86. The SMILES string of the molecule is CCO[C@H](CC/C=C/C(=O)Nc1ccccc1N)[C@H](OC(=O)Nc1cccc2ccccc12)c1cc(Br)cc(Br)c1O. The van der Waals surface area contributed by atoms with E-state index in [1.807, 2.05) is 43.3 Å². The van der Waals surface area contributed by atoms with Gasteiger partial charge in [0.2, 0.25) is 5.91 Å². The first-order valence-corrected chi connectivity index (χ1v) is 14.9. The van der Waals surface area contributed by atoms with E-state index in [0.717, 1.165) is 10.8 Å². The molecule has 2 amide bonds. The van der Waals surface area contributed by atoms with Crippen molar-refractivity contribution >= 4 is 71.7 Å². The van der Waals surface area contributed by atoms with Gasteiger partial charge in [-0.05, 0) is 77.5 Å². The zero-order chi connectivity index (χ0) is 30.1. The summed E-state index contributed by atoms with van der Waals surface area (Å²) >= 11 is 6.83. The summed E-state index contributed by atoms with van der Waals surface area (Å²) in [6, 6.07) is 23.7. The number of hydrogen-bond acceptors (Lipinski definition) is 6. The molecule has 0 saturated heterocycles. The Bertz CT molecular complexity index is 1590. The number of carbonyl (C=O) groups is 2. The maximum absolute atomic E-state index is 13.3. The molecule has 0 unspecified atom stereocenters. The number of aromatic hydroxyl groups is 1. The number of ether oxygens (including phenoxy) is 2. The van der Waals surface area contributed by atoms with E-state index in [0.29, 0.717) is 51.0 Å². The maximum Gasteiger partial charge on any atom is 0.412 e. The minimum absolute atomic E-state index is 0.0683. The highest BCUT2D eigenvalue weighted by Gasteiger charge is 2.31. The average molecular weight is 697 g/mol. The standard InChI is InChI=1S/C32H31Br2N3O5/c1-2-41-28(16-7-8-17-29(38)36-27-14-6-5-13-25(27)35)31(23-18-21(33)19-24(34)30(23)39)42-32(40)37-26-15-9-11-20-10-3-4-12-22(20)26/h3-6,8-15,17-19,28,31,39H,2,7,16,35H2,1H3,(H,36,38)(H,37,40)/b17-8+/t28-,31-/m1/s1. The lowest BCUT2D eigenvalue weighted by Crippen LogP contribution is -2.29. The van der Waals surface area contributed by atoms with Crippen LogP contribution in [0.25, 0.3) is 10.8 Å². The molecular weight excluding hydrogens is 666 g/mol. The molecule has 5 N–H and O–H groups in total. The zero-order valence-electron chi connectivity index (χ0n) is 22.8. The molecule has 218 valence electrons. The van der Waals surface area contributed by atoms with Gasteiger partial charge in [0, 0.05) is 22.0 Å². The normalized spacial score (nSPS) is 12.6. The predicted molar refractivity (Wildman–Crippen MR) is 174 cm³/mol. The van der Waals surface area contributed by atoms with Gasteiger partial charge in [-0.1, -0.05) is 70.5 Å². The monoisotopic (exact) mass is 695 g/mol. The Morgan fingerprint density at radius 2 is 1.69 bits per heavy atom. The molecular formula is C32H31Br2N3O5. The van der Waals surface area contributed by atoms with Gasteiger partial charge < -0.3 is 25.6 Å². The minimum Gasteiger partial charge on any atom is -0.506 e. The summed E-state index contributed by atoms with van der Waals surface area (Å²) in [5.41, 5.74) is 7.86. The van der Waals surface area contributed by atoms with Gasteiger partial charge in [-0.2, -0.15) is 0 Å². The number of hydrogen-bond donors (Lipinski definition) is 4. The summed E-state index contributed by atoms with van der Waals surface area (Å²) in [4.78, 5) is 25.7. The molecule has 0 aliphatic rings. The van der Waals surface area contributed by atoms with Crippen LogP contribution in [0.1, 0.15) is 31.4 Å². The Labute approximate surface area is 261 Å². The Morgan fingerprint density at radius 3 is 2.48 bits per heavy atom. The summed E-state index contributed by atoms with van der Waals surface area (Å²) < 4.78 is 13.1. The molecule has 0 heterocycles. The van der Waals surface area contributed by atoms with Crippen LogP contribution in [-0.2, 0) is 14.3 Å². The number of phenolic OH excluding ortho intramolecular Hbond substituents is 1. The van der Waals surface area contributed by atoms with E-state index < -0.39 is 18.3 Å². The molecule has 10 heteroatoms. The van der Waals surface area contributed by atoms with Crippen molar-refractivity contribution in [3.63, 3.8) is 0 Å². The van der Waals surface area contributed by atoms with E-state index >= 15 is 0 Å². The first kappa shape index (κ1) is 31.1. The number of para-hydroxylation sites is 2. The van der Waals surface area contributed by atoms with Crippen molar-refractivity contribution in [3.8, 4) is 5.75 Å². The van der Waals surface area contributed by atoms with Gasteiger partial charge in [0.1, 0.15) is 5.75 Å². The van der Waals surface area contributed by atoms with Crippen LogP contribution < -0.4 is 16.4 Å². The highest BCUT2D eigenvalue weighted by Crippen LogP contribution is 2.40. The van der Waals surface area contributed by atoms with Crippen LogP contribution in [0.3, 0.4) is 0 Å². The number of phenols is 1. The number of nitrogen functional groups attached to an aromatic ring is 1. The number of fused-ring (bicyclic) bond motifs is 1. The van der Waals surface area contributed by atoms with Crippen molar-refractivity contribution in [2.24, 2.45) is 0 Å². The van der Waals surface area contributed by atoms with E-state index in [9.17, 15) is 14.7 Å². The first-order valence-electron chi connectivity index (χ1n) is 13.3. The van der Waals surface area contributed by atoms with Crippen molar-refractivity contribution in [2.45, 2.75) is 32.0 Å². The lowest BCUT2D eigenvalue weighted by Gasteiger charge is -2.28. The maximum atomic E-state index is 13.3. The van der Waals surface area contributed by atoms with Gasteiger partial charge in [-0.3, -0.25) is 10.1 Å². The number of nitrogens with two attached hydrogens (primary N) is 1. The second-order valence-electron chi connectivity index (χ2n) is 9.35.